The Labute approximate surface area is 497 Å². The number of fused-ring (bicyclic) bond motifs is 6. The fourth-order valence-corrected chi connectivity index (χ4v) is 11.9. The summed E-state index contributed by atoms with van der Waals surface area (Å²) in [6, 6.07) is 27.9. The van der Waals surface area contributed by atoms with Gasteiger partial charge in [-0.2, -0.15) is 0 Å². The maximum absolute atomic E-state index is 14.0. The van der Waals surface area contributed by atoms with E-state index < -0.39 is 0 Å². The molecule has 1 aliphatic carbocycles. The molecule has 6 heterocycles. The van der Waals surface area contributed by atoms with Crippen LogP contribution in [0.4, 0.5) is 11.5 Å². The first-order valence-corrected chi connectivity index (χ1v) is 29.2. The van der Waals surface area contributed by atoms with Gasteiger partial charge < -0.3 is 44.7 Å². The summed E-state index contributed by atoms with van der Waals surface area (Å²) in [6.45, 7) is 17.2. The van der Waals surface area contributed by atoms with E-state index in [4.69, 9.17) is 38.7 Å². The van der Waals surface area contributed by atoms with Crippen molar-refractivity contribution >= 4 is 45.5 Å². The third-order valence-electron chi connectivity index (χ3n) is 16.5. The lowest BCUT2D eigenvalue weighted by molar-refractivity contribution is -0.121. The molecule has 4 aromatic carbocycles. The van der Waals surface area contributed by atoms with E-state index in [0.29, 0.717) is 81.0 Å². The van der Waals surface area contributed by atoms with Crippen LogP contribution in [-0.2, 0) is 32.2 Å². The number of carbonyl (C=O) groups excluding carboxylic acids is 1. The fraction of sp³-hybridized carbons (Fsp3) is 0.314. The van der Waals surface area contributed by atoms with Crippen LogP contribution in [0, 0.1) is 30.6 Å². The Morgan fingerprint density at radius 3 is 2.27 bits per heavy atom. The van der Waals surface area contributed by atoms with Gasteiger partial charge in [0.15, 0.2) is 11.5 Å². The minimum Gasteiger partial charge on any atom is -0.511 e. The number of aromatic nitrogens is 2. The molecule has 5 aliphatic heterocycles. The molecule has 1 unspecified atom stereocenters. The molecule has 4 N–H and O–H groups in total. The summed E-state index contributed by atoms with van der Waals surface area (Å²) >= 11 is 0. The lowest BCUT2D eigenvalue weighted by Gasteiger charge is -2.18. The lowest BCUT2D eigenvalue weighted by atomic mass is 9.86. The van der Waals surface area contributed by atoms with Gasteiger partial charge in [-0.25, -0.2) is 24.9 Å². The van der Waals surface area contributed by atoms with Gasteiger partial charge in [0, 0.05) is 102 Å². The van der Waals surface area contributed by atoms with Gasteiger partial charge in [0.1, 0.15) is 31.1 Å². The first-order chi connectivity index (χ1) is 41.3. The molecule has 1 saturated heterocycles. The smallest absolute Gasteiger partial charge is 0.220 e. The number of allylic oxidation sites excluding steroid dienone is 11. The van der Waals surface area contributed by atoms with E-state index in [1.54, 1.807) is 14.2 Å². The molecular weight excluding hydrogens is 1060 g/mol. The number of amides is 1. The van der Waals surface area contributed by atoms with E-state index in [9.17, 15) is 9.90 Å². The zero-order valence-electron chi connectivity index (χ0n) is 49.8. The number of rotatable bonds is 20. The Hall–Kier alpha value is -8.94. The van der Waals surface area contributed by atoms with Gasteiger partial charge in [-0.1, -0.05) is 73.7 Å². The Morgan fingerprint density at radius 2 is 1.51 bits per heavy atom. The molecule has 434 valence electrons. The highest BCUT2D eigenvalue weighted by Crippen LogP contribution is 2.47. The number of nitrogens with zero attached hydrogens (tertiary/aromatic N) is 5. The van der Waals surface area contributed by atoms with Crippen LogP contribution in [0.5, 0.6) is 11.5 Å². The first kappa shape index (κ1) is 57.9. The van der Waals surface area contributed by atoms with Crippen molar-refractivity contribution in [3.8, 4) is 23.3 Å². The quantitative estimate of drug-likeness (QED) is 0.0430. The monoisotopic (exact) mass is 1140 g/mol. The van der Waals surface area contributed by atoms with Crippen LogP contribution < -0.4 is 25.4 Å². The van der Waals surface area contributed by atoms with Crippen molar-refractivity contribution in [2.24, 2.45) is 26.8 Å². The number of aliphatic imine (C=N–C) groups is 3. The van der Waals surface area contributed by atoms with Crippen molar-refractivity contribution in [3.63, 3.8) is 0 Å². The number of aliphatic hydroxyl groups is 1. The Kier molecular flexibility index (Phi) is 17.4. The molecule has 1 fully saturated rings. The SMILES string of the molecule is CCC1=C(C)C2=NC1=CC1=C(C)C3=C(O)CC(=C4NC(=CC5=NC(=C2)C(C(C)OCc2cccc(C)c2)=C5C)[C@@H](C)[C@@H]4CCC(=O)NCc2cccc(C#Cc4cccc(Nc5ncnc6cc(OCCOC)c(OCCOC)cc56)c4)c2)C3=N1. The van der Waals surface area contributed by atoms with Gasteiger partial charge in [-0.3, -0.25) is 4.79 Å². The summed E-state index contributed by atoms with van der Waals surface area (Å²) in [7, 11) is 3.25. The van der Waals surface area contributed by atoms with E-state index in [1.165, 1.54) is 11.9 Å². The average Bonchev–Trinajstić information content (AvgIpc) is 1.80. The molecule has 0 radical (unpaired) electrons. The zero-order valence-corrected chi connectivity index (χ0v) is 49.8. The number of methoxy groups -OCH3 is 2. The largest absolute Gasteiger partial charge is 0.511 e. The van der Waals surface area contributed by atoms with Crippen LogP contribution in [0.2, 0.25) is 0 Å². The second kappa shape index (κ2) is 25.5. The molecule has 15 nitrogen and oxygen atoms in total. The van der Waals surface area contributed by atoms with Gasteiger partial charge in [0.2, 0.25) is 5.91 Å². The predicted octanol–water partition coefficient (Wildman–Crippen LogP) is 12.8. The Bertz CT molecular complexity index is 3970. The minimum atomic E-state index is -0.268. The Balaban J connectivity index is 0.805. The lowest BCUT2D eigenvalue weighted by Crippen LogP contribution is -2.24. The van der Waals surface area contributed by atoms with Gasteiger partial charge in [-0.05, 0) is 136 Å². The minimum absolute atomic E-state index is 0.0198. The topological polar surface area (TPSA) is 182 Å². The van der Waals surface area contributed by atoms with E-state index >= 15 is 0 Å². The van der Waals surface area contributed by atoms with Gasteiger partial charge >= 0.3 is 0 Å². The molecule has 15 heteroatoms. The van der Waals surface area contributed by atoms with E-state index in [1.807, 2.05) is 67.6 Å². The standard InChI is InChI=1S/C70H72N8O7/c1-10-51-41(3)55-35-61-66(45(7)85-38-49-18-11-14-40(2)28-49)43(5)57(76-61)33-56-42(4)52(68(77-56)54-31-62(79)67-44(6)58(78-69(54)67)34-60(51)75-55)22-23-65(80)71-37-48-17-12-15-46(29-48)20-21-47-16-13-19-50(30-47)74-70-53-32-63(83-26-24-81-8)64(84-27-25-82-9)36-59(53)72-39-73-70/h11-19,28-30,32-36,39,42,45,52,77,79H,10,22-27,31,37-38H2,1-9H3,(H,71,80)(H,72,73,74)/t42-,45?,52-/m0/s1. The zero-order chi connectivity index (χ0) is 59.3. The summed E-state index contributed by atoms with van der Waals surface area (Å²) in [5.41, 5.74) is 20.2. The highest BCUT2D eigenvalue weighted by atomic mass is 16.5. The van der Waals surface area contributed by atoms with Crippen LogP contribution in [0.15, 0.2) is 198 Å². The van der Waals surface area contributed by atoms with Gasteiger partial charge in [0.05, 0.1) is 65.7 Å². The maximum Gasteiger partial charge on any atom is 0.220 e. The first-order valence-electron chi connectivity index (χ1n) is 29.2. The third kappa shape index (κ3) is 12.5. The third-order valence-corrected chi connectivity index (χ3v) is 16.5. The molecule has 1 amide bonds. The highest BCUT2D eigenvalue weighted by molar-refractivity contribution is 6.21. The van der Waals surface area contributed by atoms with Crippen molar-refractivity contribution in [2.75, 3.05) is 46.0 Å². The number of anilines is 2. The highest BCUT2D eigenvalue weighted by Gasteiger charge is 2.41. The summed E-state index contributed by atoms with van der Waals surface area (Å²) in [5.74, 6) is 8.49. The van der Waals surface area contributed by atoms with E-state index in [2.05, 4.69) is 122 Å². The molecule has 11 rings (SSSR count). The van der Waals surface area contributed by atoms with Crippen molar-refractivity contribution in [1.29, 1.82) is 0 Å². The van der Waals surface area contributed by atoms with Crippen molar-refractivity contribution in [1.82, 2.24) is 20.6 Å². The van der Waals surface area contributed by atoms with Crippen LogP contribution in [0.1, 0.15) is 95.0 Å². The molecule has 1 aromatic heterocycles. The number of hydrogen-bond acceptors (Lipinski definition) is 14. The summed E-state index contributed by atoms with van der Waals surface area (Å²) in [6.07, 6.45) is 9.57. The molecule has 5 aromatic rings. The maximum atomic E-state index is 14.0. The molecular formula is C70H72N8O7. The molecule has 6 aliphatic rings. The van der Waals surface area contributed by atoms with Gasteiger partial charge in [-0.15, -0.1) is 0 Å². The van der Waals surface area contributed by atoms with E-state index in [0.717, 1.165) is 124 Å². The predicted molar refractivity (Wildman–Crippen MR) is 335 cm³/mol. The fourth-order valence-electron chi connectivity index (χ4n) is 11.9. The molecule has 85 heavy (non-hydrogen) atoms. The normalized spacial score (nSPS) is 18.2. The van der Waals surface area contributed by atoms with E-state index in [-0.39, 0.29) is 30.3 Å². The molecule has 0 spiro atoms. The summed E-state index contributed by atoms with van der Waals surface area (Å²) in [5, 5.41) is 23.0. The van der Waals surface area contributed by atoms with Crippen molar-refractivity contribution in [2.45, 2.75) is 93.4 Å². The second-order valence-corrected chi connectivity index (χ2v) is 22.2. The van der Waals surface area contributed by atoms with Crippen LogP contribution in [-0.4, -0.2) is 84.9 Å². The molecule has 0 saturated carbocycles. The number of nitrogens with one attached hydrogen (secondary N) is 3. The number of carbonyl (C=O) groups is 1. The van der Waals surface area contributed by atoms with Crippen LogP contribution in [0.25, 0.3) is 10.9 Å². The number of aryl methyl sites for hydroxylation is 1. The summed E-state index contributed by atoms with van der Waals surface area (Å²) < 4.78 is 29.1. The molecule has 3 atom stereocenters. The number of benzene rings is 4. The number of ether oxygens (including phenoxy) is 5. The number of aliphatic hydroxyl groups excluding tert-OH is 1. The second-order valence-electron chi connectivity index (χ2n) is 22.2. The van der Waals surface area contributed by atoms with Crippen LogP contribution in [0.3, 0.4) is 0 Å². The van der Waals surface area contributed by atoms with Gasteiger partial charge in [0.25, 0.3) is 0 Å². The van der Waals surface area contributed by atoms with Crippen molar-refractivity contribution < 1.29 is 33.6 Å². The molecule has 8 bridgehead atoms. The van der Waals surface area contributed by atoms with Crippen LogP contribution >= 0.6 is 0 Å². The Morgan fingerprint density at radius 1 is 0.788 bits per heavy atom. The number of hydrogen-bond donors (Lipinski definition) is 4. The average molecular weight is 1140 g/mol. The summed E-state index contributed by atoms with van der Waals surface area (Å²) in [4.78, 5) is 38.9. The van der Waals surface area contributed by atoms with Crippen molar-refractivity contribution in [3.05, 3.63) is 211 Å².